The zero-order valence-corrected chi connectivity index (χ0v) is 17.5. The van der Waals surface area contributed by atoms with Crippen molar-refractivity contribution in [3.63, 3.8) is 0 Å². The van der Waals surface area contributed by atoms with E-state index in [-0.39, 0.29) is 5.56 Å². The van der Waals surface area contributed by atoms with Crippen LogP contribution in [0.25, 0.3) is 11.9 Å². The summed E-state index contributed by atoms with van der Waals surface area (Å²) >= 11 is 5.94. The molecule has 1 aromatic carbocycles. The molecule has 0 saturated carbocycles. The summed E-state index contributed by atoms with van der Waals surface area (Å²) in [6, 6.07) is 6.50. The molecule has 1 aliphatic rings. The Hall–Kier alpha value is -3.20. The molecule has 0 spiro atoms. The molecule has 3 heterocycles. The van der Waals surface area contributed by atoms with E-state index in [0.717, 1.165) is 23.4 Å². The van der Waals surface area contributed by atoms with Crippen LogP contribution in [0.4, 0.5) is 13.2 Å². The summed E-state index contributed by atoms with van der Waals surface area (Å²) < 4.78 is 41.1. The third-order valence-electron chi connectivity index (χ3n) is 5.01. The van der Waals surface area contributed by atoms with Crippen LogP contribution in [0.1, 0.15) is 51.5 Å². The van der Waals surface area contributed by atoms with Gasteiger partial charge in [0.05, 0.1) is 27.9 Å². The number of aromatic nitrogens is 4. The van der Waals surface area contributed by atoms with Crippen molar-refractivity contribution < 1.29 is 18.0 Å². The van der Waals surface area contributed by atoms with Crippen molar-refractivity contribution in [3.05, 3.63) is 75.3 Å². The van der Waals surface area contributed by atoms with Crippen LogP contribution >= 0.6 is 11.6 Å². The average Bonchev–Trinajstić information content (AvgIpc) is 3.11. The van der Waals surface area contributed by atoms with Crippen molar-refractivity contribution in [2.45, 2.75) is 33.0 Å². The van der Waals surface area contributed by atoms with E-state index in [1.54, 1.807) is 17.7 Å². The Morgan fingerprint density at radius 1 is 1.19 bits per heavy atom. The van der Waals surface area contributed by atoms with Crippen molar-refractivity contribution >= 4 is 23.6 Å². The monoisotopic (exact) mass is 447 g/mol. The Balaban J connectivity index is 1.70. The molecule has 2 aromatic heterocycles. The lowest BCUT2D eigenvalue weighted by Crippen LogP contribution is -2.31. The fraction of sp³-hybridized carbons (Fsp3) is 0.238. The SMILES string of the molecule is Cc1cc(C)nc(-n2nnc3c2C=CN(C(=O)c2cccc(C(F)(F)F)c2Cl)C3C)c1. The first-order chi connectivity index (χ1) is 14.6. The van der Waals surface area contributed by atoms with Crippen LogP contribution in [-0.4, -0.2) is 30.8 Å². The first kappa shape index (κ1) is 21.0. The maximum Gasteiger partial charge on any atom is 0.417 e. The molecule has 10 heteroatoms. The second kappa shape index (κ2) is 7.49. The molecule has 0 bridgehead atoms. The molecule has 1 unspecified atom stereocenters. The maximum atomic E-state index is 13.2. The fourth-order valence-electron chi connectivity index (χ4n) is 3.56. The number of hydrogen-bond acceptors (Lipinski definition) is 4. The van der Waals surface area contributed by atoms with E-state index < -0.39 is 28.7 Å². The average molecular weight is 448 g/mol. The number of fused-ring (bicyclic) bond motifs is 1. The number of aryl methyl sites for hydroxylation is 2. The van der Waals surface area contributed by atoms with E-state index in [1.807, 2.05) is 26.0 Å². The molecule has 0 radical (unpaired) electrons. The third kappa shape index (κ3) is 3.69. The molecule has 4 rings (SSSR count). The molecule has 0 saturated heterocycles. The summed E-state index contributed by atoms with van der Waals surface area (Å²) in [6.45, 7) is 5.53. The van der Waals surface area contributed by atoms with Gasteiger partial charge in [-0.25, -0.2) is 4.98 Å². The van der Waals surface area contributed by atoms with Gasteiger partial charge in [-0.15, -0.1) is 5.10 Å². The maximum absolute atomic E-state index is 13.2. The molecule has 0 fully saturated rings. The van der Waals surface area contributed by atoms with Crippen LogP contribution in [0.15, 0.2) is 36.5 Å². The fourth-order valence-corrected chi connectivity index (χ4v) is 3.88. The Labute approximate surface area is 181 Å². The smallest absolute Gasteiger partial charge is 0.306 e. The number of carbonyl (C=O) groups excluding carboxylic acids is 1. The minimum atomic E-state index is -4.66. The largest absolute Gasteiger partial charge is 0.417 e. The highest BCUT2D eigenvalue weighted by atomic mass is 35.5. The lowest BCUT2D eigenvalue weighted by atomic mass is 10.0. The van der Waals surface area contributed by atoms with E-state index in [4.69, 9.17) is 11.6 Å². The van der Waals surface area contributed by atoms with Gasteiger partial charge in [0.25, 0.3) is 5.91 Å². The second-order valence-corrected chi connectivity index (χ2v) is 7.66. The molecule has 0 aliphatic carbocycles. The van der Waals surface area contributed by atoms with Gasteiger partial charge in [-0.2, -0.15) is 17.9 Å². The van der Waals surface area contributed by atoms with Crippen LogP contribution in [0, 0.1) is 13.8 Å². The lowest BCUT2D eigenvalue weighted by molar-refractivity contribution is -0.137. The lowest BCUT2D eigenvalue weighted by Gasteiger charge is -2.28. The summed E-state index contributed by atoms with van der Waals surface area (Å²) in [4.78, 5) is 18.8. The van der Waals surface area contributed by atoms with Gasteiger partial charge in [0.2, 0.25) is 0 Å². The molecule has 1 amide bonds. The zero-order chi connectivity index (χ0) is 22.5. The normalized spacial score (nSPS) is 15.8. The number of alkyl halides is 3. The minimum Gasteiger partial charge on any atom is -0.306 e. The summed E-state index contributed by atoms with van der Waals surface area (Å²) in [5.41, 5.74) is 1.68. The van der Waals surface area contributed by atoms with Crippen LogP contribution in [0.3, 0.4) is 0 Å². The van der Waals surface area contributed by atoms with Crippen LogP contribution < -0.4 is 0 Å². The number of rotatable bonds is 2. The van der Waals surface area contributed by atoms with E-state index >= 15 is 0 Å². The van der Waals surface area contributed by atoms with E-state index in [9.17, 15) is 18.0 Å². The predicted octanol–water partition coefficient (Wildman–Crippen LogP) is 5.14. The molecule has 1 atom stereocenters. The molecular weight excluding hydrogens is 431 g/mol. The highest BCUT2D eigenvalue weighted by Gasteiger charge is 2.36. The van der Waals surface area contributed by atoms with Crippen molar-refractivity contribution in [1.82, 2.24) is 24.9 Å². The second-order valence-electron chi connectivity index (χ2n) is 7.28. The first-order valence-corrected chi connectivity index (χ1v) is 9.73. The number of pyridine rings is 1. The van der Waals surface area contributed by atoms with E-state index in [0.29, 0.717) is 17.2 Å². The van der Waals surface area contributed by atoms with Gasteiger partial charge in [-0.3, -0.25) is 4.79 Å². The van der Waals surface area contributed by atoms with Crippen LogP contribution in [0.2, 0.25) is 5.02 Å². The Morgan fingerprint density at radius 3 is 2.61 bits per heavy atom. The minimum absolute atomic E-state index is 0.236. The van der Waals surface area contributed by atoms with Gasteiger partial charge in [0, 0.05) is 11.9 Å². The van der Waals surface area contributed by atoms with Gasteiger partial charge in [0.1, 0.15) is 5.69 Å². The number of hydrogen-bond donors (Lipinski definition) is 0. The van der Waals surface area contributed by atoms with Gasteiger partial charge in [-0.05, 0) is 56.7 Å². The summed E-state index contributed by atoms with van der Waals surface area (Å²) in [7, 11) is 0. The number of nitrogens with zero attached hydrogens (tertiary/aromatic N) is 5. The van der Waals surface area contributed by atoms with Crippen molar-refractivity contribution in [2.24, 2.45) is 0 Å². The third-order valence-corrected chi connectivity index (χ3v) is 5.42. The number of benzene rings is 1. The highest BCUT2D eigenvalue weighted by Crippen LogP contribution is 2.38. The number of halogens is 4. The quantitative estimate of drug-likeness (QED) is 0.545. The topological polar surface area (TPSA) is 63.9 Å². The van der Waals surface area contributed by atoms with Crippen molar-refractivity contribution in [2.75, 3.05) is 0 Å². The molecule has 31 heavy (non-hydrogen) atoms. The molecule has 160 valence electrons. The standard InChI is InChI=1S/C21H17ClF3N5O/c1-11-9-12(2)26-17(10-11)30-16-7-8-29(13(3)19(16)27-28-30)20(31)14-5-4-6-15(18(14)22)21(23,24)25/h4-10,13H,1-3H3. The Morgan fingerprint density at radius 2 is 1.94 bits per heavy atom. The van der Waals surface area contributed by atoms with Gasteiger partial charge < -0.3 is 4.90 Å². The van der Waals surface area contributed by atoms with Crippen LogP contribution in [0.5, 0.6) is 0 Å². The molecule has 0 N–H and O–H groups in total. The summed E-state index contributed by atoms with van der Waals surface area (Å²) in [5.74, 6) is -0.0756. The summed E-state index contributed by atoms with van der Waals surface area (Å²) in [5, 5.41) is 7.74. The predicted molar refractivity (Wildman–Crippen MR) is 109 cm³/mol. The Bertz CT molecular complexity index is 1200. The van der Waals surface area contributed by atoms with Gasteiger partial charge in [0.15, 0.2) is 5.82 Å². The van der Waals surface area contributed by atoms with Crippen molar-refractivity contribution in [1.29, 1.82) is 0 Å². The van der Waals surface area contributed by atoms with Crippen LogP contribution in [-0.2, 0) is 6.18 Å². The summed E-state index contributed by atoms with van der Waals surface area (Å²) in [6.07, 6.45) is -1.53. The van der Waals surface area contributed by atoms with E-state index in [2.05, 4.69) is 15.3 Å². The van der Waals surface area contributed by atoms with Gasteiger partial charge >= 0.3 is 6.18 Å². The molecular formula is C21H17ClF3N5O. The van der Waals surface area contributed by atoms with E-state index in [1.165, 1.54) is 17.2 Å². The molecule has 3 aromatic rings. The number of carbonyl (C=O) groups is 1. The van der Waals surface area contributed by atoms with Gasteiger partial charge in [-0.1, -0.05) is 22.9 Å². The Kier molecular flexibility index (Phi) is 5.09. The first-order valence-electron chi connectivity index (χ1n) is 9.35. The van der Waals surface area contributed by atoms with Crippen molar-refractivity contribution in [3.8, 4) is 5.82 Å². The highest BCUT2D eigenvalue weighted by molar-refractivity contribution is 6.34. The molecule has 6 nitrogen and oxygen atoms in total. The number of amides is 1. The molecule has 1 aliphatic heterocycles. The zero-order valence-electron chi connectivity index (χ0n) is 16.8.